The molecule has 0 saturated heterocycles. The summed E-state index contributed by atoms with van der Waals surface area (Å²) >= 11 is 0. The standard InChI is InChI=1S/C12H20N2O/c1-9-5-6-10(13)7-11(9)14-8-12(2,3)15-4/h5-7,14H,8,13H2,1-4H3. The first-order chi connectivity index (χ1) is 6.94. The largest absolute Gasteiger partial charge is 0.399 e. The van der Waals surface area contributed by atoms with Gasteiger partial charge in [-0.15, -0.1) is 0 Å². The van der Waals surface area contributed by atoms with Gasteiger partial charge in [0.05, 0.1) is 5.60 Å². The molecule has 0 radical (unpaired) electrons. The van der Waals surface area contributed by atoms with Crippen LogP contribution in [0, 0.1) is 6.92 Å². The smallest absolute Gasteiger partial charge is 0.0794 e. The third-order valence-electron chi connectivity index (χ3n) is 2.52. The molecule has 0 heterocycles. The fourth-order valence-corrected chi connectivity index (χ4v) is 1.21. The number of aryl methyl sites for hydroxylation is 1. The quantitative estimate of drug-likeness (QED) is 0.747. The van der Waals surface area contributed by atoms with Crippen LogP contribution < -0.4 is 11.1 Å². The maximum absolute atomic E-state index is 5.73. The topological polar surface area (TPSA) is 47.3 Å². The molecule has 0 saturated carbocycles. The normalized spacial score (nSPS) is 11.5. The monoisotopic (exact) mass is 208 g/mol. The van der Waals surface area contributed by atoms with Gasteiger partial charge >= 0.3 is 0 Å². The van der Waals surface area contributed by atoms with Crippen LogP contribution in [-0.4, -0.2) is 19.3 Å². The highest BCUT2D eigenvalue weighted by atomic mass is 16.5. The summed E-state index contributed by atoms with van der Waals surface area (Å²) in [4.78, 5) is 0. The van der Waals surface area contributed by atoms with Crippen molar-refractivity contribution in [2.24, 2.45) is 0 Å². The van der Waals surface area contributed by atoms with Gasteiger partial charge in [0.25, 0.3) is 0 Å². The van der Waals surface area contributed by atoms with Crippen LogP contribution in [0.5, 0.6) is 0 Å². The molecular weight excluding hydrogens is 188 g/mol. The molecule has 0 aliphatic heterocycles. The molecule has 1 aromatic rings. The van der Waals surface area contributed by atoms with Crippen LogP contribution in [0.1, 0.15) is 19.4 Å². The summed E-state index contributed by atoms with van der Waals surface area (Å²) in [7, 11) is 1.72. The lowest BCUT2D eigenvalue weighted by Crippen LogP contribution is -2.32. The van der Waals surface area contributed by atoms with E-state index in [1.165, 1.54) is 5.56 Å². The molecule has 0 bridgehead atoms. The van der Waals surface area contributed by atoms with E-state index >= 15 is 0 Å². The Kier molecular flexibility index (Phi) is 3.58. The number of nitrogen functional groups attached to an aromatic ring is 1. The number of methoxy groups -OCH3 is 1. The number of rotatable bonds is 4. The van der Waals surface area contributed by atoms with Gasteiger partial charge in [-0.1, -0.05) is 6.07 Å². The fourth-order valence-electron chi connectivity index (χ4n) is 1.21. The molecule has 1 rings (SSSR count). The Morgan fingerprint density at radius 1 is 1.40 bits per heavy atom. The van der Waals surface area contributed by atoms with Gasteiger partial charge < -0.3 is 15.8 Å². The first-order valence-corrected chi connectivity index (χ1v) is 5.10. The highest BCUT2D eigenvalue weighted by Gasteiger charge is 2.15. The van der Waals surface area contributed by atoms with Crippen LogP contribution in [0.3, 0.4) is 0 Å². The predicted octanol–water partition coefficient (Wildman–Crippen LogP) is 2.41. The molecule has 0 aromatic heterocycles. The lowest BCUT2D eigenvalue weighted by Gasteiger charge is -2.24. The van der Waals surface area contributed by atoms with E-state index in [4.69, 9.17) is 10.5 Å². The molecule has 0 amide bonds. The van der Waals surface area contributed by atoms with Gasteiger partial charge in [-0.05, 0) is 38.5 Å². The maximum atomic E-state index is 5.73. The molecule has 0 fully saturated rings. The zero-order chi connectivity index (χ0) is 11.5. The Hall–Kier alpha value is -1.22. The summed E-state index contributed by atoms with van der Waals surface area (Å²) in [6, 6.07) is 5.86. The highest BCUT2D eigenvalue weighted by Crippen LogP contribution is 2.19. The molecule has 0 aliphatic rings. The Bertz CT molecular complexity index is 334. The molecule has 3 nitrogen and oxygen atoms in total. The van der Waals surface area contributed by atoms with E-state index in [1.54, 1.807) is 7.11 Å². The van der Waals surface area contributed by atoms with E-state index in [0.717, 1.165) is 17.9 Å². The average Bonchev–Trinajstić information content (AvgIpc) is 2.20. The van der Waals surface area contributed by atoms with Crippen LogP contribution in [0.2, 0.25) is 0 Å². The summed E-state index contributed by atoms with van der Waals surface area (Å²) in [5, 5.41) is 3.34. The van der Waals surface area contributed by atoms with Crippen molar-refractivity contribution in [1.82, 2.24) is 0 Å². The van der Waals surface area contributed by atoms with E-state index in [-0.39, 0.29) is 5.60 Å². The second-order valence-electron chi connectivity index (χ2n) is 4.39. The summed E-state index contributed by atoms with van der Waals surface area (Å²) in [6.07, 6.45) is 0. The zero-order valence-corrected chi connectivity index (χ0v) is 9.92. The zero-order valence-electron chi connectivity index (χ0n) is 9.92. The van der Waals surface area contributed by atoms with Gasteiger partial charge in [-0.2, -0.15) is 0 Å². The Labute approximate surface area is 91.6 Å². The maximum Gasteiger partial charge on any atom is 0.0794 e. The molecule has 0 atom stereocenters. The number of hydrogen-bond donors (Lipinski definition) is 2. The third-order valence-corrected chi connectivity index (χ3v) is 2.52. The molecule has 1 aromatic carbocycles. The summed E-state index contributed by atoms with van der Waals surface area (Å²) in [5.41, 5.74) is 8.60. The third kappa shape index (κ3) is 3.44. The van der Waals surface area contributed by atoms with Crippen molar-refractivity contribution in [1.29, 1.82) is 0 Å². The molecule has 3 N–H and O–H groups in total. The molecule has 15 heavy (non-hydrogen) atoms. The van der Waals surface area contributed by atoms with E-state index in [0.29, 0.717) is 0 Å². The van der Waals surface area contributed by atoms with E-state index in [1.807, 2.05) is 32.0 Å². The number of ether oxygens (including phenoxy) is 1. The van der Waals surface area contributed by atoms with Gasteiger partial charge in [0.1, 0.15) is 0 Å². The SMILES string of the molecule is COC(C)(C)CNc1cc(N)ccc1C. The van der Waals surface area contributed by atoms with E-state index in [9.17, 15) is 0 Å². The average molecular weight is 208 g/mol. The highest BCUT2D eigenvalue weighted by molar-refractivity contribution is 5.59. The van der Waals surface area contributed by atoms with Gasteiger partial charge in [0.2, 0.25) is 0 Å². The van der Waals surface area contributed by atoms with Gasteiger partial charge in [0, 0.05) is 25.0 Å². The Morgan fingerprint density at radius 2 is 2.07 bits per heavy atom. The summed E-state index contributed by atoms with van der Waals surface area (Å²) in [5.74, 6) is 0. The lowest BCUT2D eigenvalue weighted by atomic mass is 10.1. The fraction of sp³-hybridized carbons (Fsp3) is 0.500. The van der Waals surface area contributed by atoms with Gasteiger partial charge in [-0.25, -0.2) is 0 Å². The first-order valence-electron chi connectivity index (χ1n) is 5.10. The molecular formula is C12H20N2O. The van der Waals surface area contributed by atoms with Crippen molar-refractivity contribution in [3.63, 3.8) is 0 Å². The summed E-state index contributed by atoms with van der Waals surface area (Å²) in [6.45, 7) is 6.90. The van der Waals surface area contributed by atoms with E-state index < -0.39 is 0 Å². The van der Waals surface area contributed by atoms with Gasteiger partial charge in [-0.3, -0.25) is 0 Å². The van der Waals surface area contributed by atoms with Crippen LogP contribution >= 0.6 is 0 Å². The lowest BCUT2D eigenvalue weighted by molar-refractivity contribution is 0.0344. The van der Waals surface area contributed by atoms with Gasteiger partial charge in [0.15, 0.2) is 0 Å². The number of nitrogens with one attached hydrogen (secondary N) is 1. The minimum atomic E-state index is -0.170. The van der Waals surface area contributed by atoms with Crippen LogP contribution in [0.4, 0.5) is 11.4 Å². The van der Waals surface area contributed by atoms with Crippen molar-refractivity contribution in [2.45, 2.75) is 26.4 Å². The van der Waals surface area contributed by atoms with Crippen LogP contribution in [0.25, 0.3) is 0 Å². The van der Waals surface area contributed by atoms with Crippen LogP contribution in [-0.2, 0) is 4.74 Å². The second-order valence-corrected chi connectivity index (χ2v) is 4.39. The second kappa shape index (κ2) is 4.53. The van der Waals surface area contributed by atoms with Crippen molar-refractivity contribution in [3.05, 3.63) is 23.8 Å². The minimum absolute atomic E-state index is 0.170. The number of hydrogen-bond acceptors (Lipinski definition) is 3. The minimum Gasteiger partial charge on any atom is -0.399 e. The first kappa shape index (κ1) is 11.9. The molecule has 0 aliphatic carbocycles. The molecule has 0 unspecified atom stereocenters. The number of anilines is 2. The number of nitrogens with two attached hydrogens (primary N) is 1. The van der Waals surface area contributed by atoms with Crippen molar-refractivity contribution in [2.75, 3.05) is 24.7 Å². The van der Waals surface area contributed by atoms with Crippen molar-refractivity contribution in [3.8, 4) is 0 Å². The molecule has 84 valence electrons. The summed E-state index contributed by atoms with van der Waals surface area (Å²) < 4.78 is 5.34. The van der Waals surface area contributed by atoms with Crippen molar-refractivity contribution >= 4 is 11.4 Å². The predicted molar refractivity (Wildman–Crippen MR) is 65.2 cm³/mol. The van der Waals surface area contributed by atoms with Crippen molar-refractivity contribution < 1.29 is 4.74 Å². The van der Waals surface area contributed by atoms with Crippen LogP contribution in [0.15, 0.2) is 18.2 Å². The molecule has 0 spiro atoms. The van der Waals surface area contributed by atoms with E-state index in [2.05, 4.69) is 12.2 Å². The Morgan fingerprint density at radius 3 is 2.67 bits per heavy atom. The molecule has 3 heteroatoms. The Balaban J connectivity index is 2.69. The number of benzene rings is 1.